The lowest BCUT2D eigenvalue weighted by molar-refractivity contribution is -0.0102. The molecule has 0 bridgehead atoms. The van der Waals surface area contributed by atoms with Gasteiger partial charge < -0.3 is 10.2 Å². The van der Waals surface area contributed by atoms with Gasteiger partial charge in [-0.3, -0.25) is 4.79 Å². The Kier molecular flexibility index (Phi) is 6.28. The average Bonchev–Trinajstić information content (AvgIpc) is 2.84. The first-order chi connectivity index (χ1) is 14.0. The van der Waals surface area contributed by atoms with Gasteiger partial charge >= 0.3 is 0 Å². The first kappa shape index (κ1) is 22.4. The lowest BCUT2D eigenvalue weighted by atomic mass is 10.1. The van der Waals surface area contributed by atoms with Gasteiger partial charge in [-0.25, -0.2) is 27.1 Å². The Morgan fingerprint density at radius 2 is 2.07 bits per heavy atom. The molecule has 1 unspecified atom stereocenters. The predicted octanol–water partition coefficient (Wildman–Crippen LogP) is 4.79. The van der Waals surface area contributed by atoms with Crippen LogP contribution in [-0.2, 0) is 9.73 Å². The van der Waals surface area contributed by atoms with Crippen LogP contribution in [0.3, 0.4) is 0 Å². The Balaban J connectivity index is 1.95. The molecule has 2 aromatic rings. The van der Waals surface area contributed by atoms with Crippen LogP contribution in [0.5, 0.6) is 0 Å². The zero-order valence-electron chi connectivity index (χ0n) is 16.1. The molecule has 0 aliphatic carbocycles. The number of carbonyl (C=O) groups excluding carboxylic acids is 1. The molecule has 2 heterocycles. The van der Waals surface area contributed by atoms with E-state index in [2.05, 4.69) is 10.3 Å². The number of aromatic nitrogens is 1. The monoisotopic (exact) mass is 460 g/mol. The van der Waals surface area contributed by atoms with Crippen molar-refractivity contribution >= 4 is 38.7 Å². The third-order valence-corrected chi connectivity index (χ3v) is 6.16. The van der Waals surface area contributed by atoms with E-state index in [-0.39, 0.29) is 47.4 Å². The van der Waals surface area contributed by atoms with E-state index in [9.17, 15) is 22.2 Å². The summed E-state index contributed by atoms with van der Waals surface area (Å²) in [6, 6.07) is 5.84. The van der Waals surface area contributed by atoms with Crippen LogP contribution in [0.25, 0.3) is 0 Å². The Labute approximate surface area is 177 Å². The van der Waals surface area contributed by atoms with Gasteiger partial charge in [0.05, 0.1) is 20.9 Å². The van der Waals surface area contributed by atoms with Crippen LogP contribution in [0.2, 0.25) is 5.02 Å². The average molecular weight is 461 g/mol. The highest BCUT2D eigenvalue weighted by molar-refractivity contribution is 7.91. The summed E-state index contributed by atoms with van der Waals surface area (Å²) in [6.07, 6.45) is 1.71. The molecule has 1 aromatic heterocycles. The van der Waals surface area contributed by atoms with Crippen molar-refractivity contribution in [2.45, 2.75) is 30.1 Å². The Bertz CT molecular complexity index is 1080. The molecule has 1 aliphatic rings. The van der Waals surface area contributed by atoms with Crippen molar-refractivity contribution in [3.05, 3.63) is 46.9 Å². The highest BCUT2D eigenvalue weighted by Gasteiger charge is 2.34. The van der Waals surface area contributed by atoms with Crippen LogP contribution < -0.4 is 10.2 Å². The lowest BCUT2D eigenvalue weighted by Gasteiger charge is -2.24. The SMILES string of the molecule is CS(=N)(=O)c1cccc(NC(=O)c2c(N3CCCC(F)(F)CC3)ncc(Cl)c2F)c1. The van der Waals surface area contributed by atoms with Gasteiger partial charge in [-0.1, -0.05) is 17.7 Å². The van der Waals surface area contributed by atoms with Gasteiger partial charge in [0.1, 0.15) is 11.4 Å². The number of anilines is 2. The van der Waals surface area contributed by atoms with E-state index < -0.39 is 39.4 Å². The Morgan fingerprint density at radius 3 is 2.77 bits per heavy atom. The van der Waals surface area contributed by atoms with Crippen LogP contribution in [0, 0.1) is 10.6 Å². The molecule has 1 aromatic carbocycles. The zero-order chi connectivity index (χ0) is 22.1. The standard InChI is InChI=1S/C19H20ClF3N4O2S/c1-30(24,29)13-5-2-4-12(10-13)26-18(28)15-16(21)14(20)11-25-17(15)27-8-3-6-19(22,23)7-9-27/h2,4-5,10-11,24H,3,6-9H2,1H3,(H,26,28). The molecule has 30 heavy (non-hydrogen) atoms. The van der Waals surface area contributed by atoms with Crippen LogP contribution >= 0.6 is 11.6 Å². The molecule has 1 saturated heterocycles. The summed E-state index contributed by atoms with van der Waals surface area (Å²) in [7, 11) is -3.02. The summed E-state index contributed by atoms with van der Waals surface area (Å²) >= 11 is 5.82. The zero-order valence-corrected chi connectivity index (χ0v) is 17.6. The maximum atomic E-state index is 14.8. The minimum Gasteiger partial charge on any atom is -0.356 e. The summed E-state index contributed by atoms with van der Waals surface area (Å²) in [5.74, 6) is -4.78. The summed E-state index contributed by atoms with van der Waals surface area (Å²) in [4.78, 5) is 18.6. The number of pyridine rings is 1. The van der Waals surface area contributed by atoms with Crippen LogP contribution in [0.15, 0.2) is 35.4 Å². The molecule has 0 saturated carbocycles. The predicted molar refractivity (Wildman–Crippen MR) is 110 cm³/mol. The second-order valence-corrected chi connectivity index (χ2v) is 9.71. The van der Waals surface area contributed by atoms with Crippen LogP contribution in [-0.4, -0.2) is 40.4 Å². The topological polar surface area (TPSA) is 86.2 Å². The molecular weight excluding hydrogens is 441 g/mol. The summed E-state index contributed by atoms with van der Waals surface area (Å²) in [5, 5.41) is 2.11. The fourth-order valence-electron chi connectivity index (χ4n) is 3.18. The van der Waals surface area contributed by atoms with E-state index in [0.717, 1.165) is 6.20 Å². The lowest BCUT2D eigenvalue weighted by Crippen LogP contribution is -2.30. The minimum atomic E-state index is -3.02. The summed E-state index contributed by atoms with van der Waals surface area (Å²) < 4.78 is 61.8. The molecule has 162 valence electrons. The highest BCUT2D eigenvalue weighted by atomic mass is 35.5. The first-order valence-electron chi connectivity index (χ1n) is 9.10. The smallest absolute Gasteiger partial charge is 0.262 e. The molecule has 1 fully saturated rings. The van der Waals surface area contributed by atoms with Crippen LogP contribution in [0.4, 0.5) is 24.7 Å². The summed E-state index contributed by atoms with van der Waals surface area (Å²) in [6.45, 7) is 0.101. The number of benzene rings is 1. The summed E-state index contributed by atoms with van der Waals surface area (Å²) in [5.41, 5.74) is -0.256. The highest BCUT2D eigenvalue weighted by Crippen LogP contribution is 2.32. The third-order valence-electron chi connectivity index (χ3n) is 4.74. The molecule has 6 nitrogen and oxygen atoms in total. The quantitative estimate of drug-likeness (QED) is 0.687. The van der Waals surface area contributed by atoms with Crippen molar-refractivity contribution < 1.29 is 22.2 Å². The normalized spacial score (nSPS) is 18.4. The molecule has 0 spiro atoms. The van der Waals surface area contributed by atoms with Gasteiger partial charge in [0.2, 0.25) is 5.92 Å². The van der Waals surface area contributed by atoms with Gasteiger partial charge in [-0.05, 0) is 24.6 Å². The van der Waals surface area contributed by atoms with Crippen molar-refractivity contribution in [1.29, 1.82) is 4.78 Å². The number of nitrogens with one attached hydrogen (secondary N) is 2. The number of alkyl halides is 2. The van der Waals surface area contributed by atoms with Crippen molar-refractivity contribution in [3.8, 4) is 0 Å². The van der Waals surface area contributed by atoms with E-state index >= 15 is 0 Å². The first-order valence-corrected chi connectivity index (χ1v) is 11.4. The number of carbonyl (C=O) groups is 1. The van der Waals surface area contributed by atoms with Gasteiger partial charge in [-0.15, -0.1) is 0 Å². The van der Waals surface area contributed by atoms with E-state index in [1.54, 1.807) is 0 Å². The fourth-order valence-corrected chi connectivity index (χ4v) is 4.02. The number of amides is 1. The molecule has 1 atom stereocenters. The molecular formula is C19H20ClF3N4O2S. The molecule has 2 N–H and O–H groups in total. The number of rotatable bonds is 4. The van der Waals surface area contributed by atoms with Crippen molar-refractivity contribution in [2.75, 3.05) is 29.6 Å². The van der Waals surface area contributed by atoms with E-state index in [4.69, 9.17) is 16.4 Å². The molecule has 11 heteroatoms. The van der Waals surface area contributed by atoms with Gasteiger partial charge in [0, 0.05) is 42.8 Å². The number of nitrogens with zero attached hydrogens (tertiary/aromatic N) is 2. The molecule has 1 amide bonds. The maximum absolute atomic E-state index is 14.8. The largest absolute Gasteiger partial charge is 0.356 e. The number of hydrogen-bond acceptors (Lipinski definition) is 5. The van der Waals surface area contributed by atoms with Gasteiger partial charge in [-0.2, -0.15) is 0 Å². The molecule has 0 radical (unpaired) electrons. The van der Waals surface area contributed by atoms with Gasteiger partial charge in [0.15, 0.2) is 5.82 Å². The van der Waals surface area contributed by atoms with Crippen molar-refractivity contribution in [2.24, 2.45) is 0 Å². The number of hydrogen-bond donors (Lipinski definition) is 2. The second kappa shape index (κ2) is 8.43. The van der Waals surface area contributed by atoms with Crippen molar-refractivity contribution in [3.63, 3.8) is 0 Å². The Morgan fingerprint density at radius 1 is 1.33 bits per heavy atom. The molecule has 1 aliphatic heterocycles. The van der Waals surface area contributed by atoms with E-state index in [1.165, 1.54) is 35.4 Å². The van der Waals surface area contributed by atoms with Crippen molar-refractivity contribution in [1.82, 2.24) is 4.98 Å². The Hall–Kier alpha value is -2.33. The molecule has 3 rings (SSSR count). The van der Waals surface area contributed by atoms with Crippen LogP contribution in [0.1, 0.15) is 29.6 Å². The van der Waals surface area contributed by atoms with E-state index in [0.29, 0.717) is 0 Å². The maximum Gasteiger partial charge on any atom is 0.262 e. The second-order valence-electron chi connectivity index (χ2n) is 7.14. The third kappa shape index (κ3) is 5.04. The van der Waals surface area contributed by atoms with Gasteiger partial charge in [0.25, 0.3) is 5.91 Å². The fraction of sp³-hybridized carbons (Fsp3) is 0.368. The van der Waals surface area contributed by atoms with E-state index in [1.807, 2.05) is 0 Å². The minimum absolute atomic E-state index is 0.0666. The number of halogens is 4.